The molecule has 0 aliphatic carbocycles. The monoisotopic (exact) mass is 527 g/mol. The minimum absolute atomic E-state index is 0.0194. The molecule has 188 valence electrons. The summed E-state index contributed by atoms with van der Waals surface area (Å²) in [5, 5.41) is 11.3. The molecule has 2 amide bonds. The van der Waals surface area contributed by atoms with Gasteiger partial charge in [-0.25, -0.2) is 4.39 Å². The van der Waals surface area contributed by atoms with Gasteiger partial charge < -0.3 is 15.0 Å². The van der Waals surface area contributed by atoms with Crippen LogP contribution in [0.25, 0.3) is 0 Å². The molecule has 2 aromatic carbocycles. The predicted molar refractivity (Wildman–Crippen MR) is 137 cm³/mol. The van der Waals surface area contributed by atoms with Crippen molar-refractivity contribution in [3.63, 3.8) is 0 Å². The van der Waals surface area contributed by atoms with E-state index < -0.39 is 0 Å². The first-order valence-electron chi connectivity index (χ1n) is 11.7. The van der Waals surface area contributed by atoms with Gasteiger partial charge in [0.25, 0.3) is 5.91 Å². The number of aromatic nitrogens is 2. The normalized spacial score (nSPS) is 18.5. The van der Waals surface area contributed by atoms with E-state index in [1.165, 1.54) is 40.8 Å². The maximum atomic E-state index is 13.0. The second-order valence-electron chi connectivity index (χ2n) is 8.72. The number of halogens is 1. The number of hydrogen-bond donors (Lipinski definition) is 1. The maximum Gasteiger partial charge on any atom is 0.282 e. The molecule has 5 rings (SSSR count). The quantitative estimate of drug-likeness (QED) is 0.450. The molecule has 11 heteroatoms. The number of nitrogens with zero attached hydrogens (tertiary/aromatic N) is 4. The van der Waals surface area contributed by atoms with Crippen LogP contribution in [0.2, 0.25) is 0 Å². The lowest BCUT2D eigenvalue weighted by molar-refractivity contribution is -0.117. The number of benzene rings is 2. The van der Waals surface area contributed by atoms with Crippen LogP contribution in [-0.2, 0) is 21.8 Å². The highest BCUT2D eigenvalue weighted by Gasteiger charge is 2.32. The minimum atomic E-state index is -0.332. The number of amides is 2. The van der Waals surface area contributed by atoms with Crippen LogP contribution in [0.4, 0.5) is 10.1 Å². The Morgan fingerprint density at radius 1 is 1.08 bits per heavy atom. The van der Waals surface area contributed by atoms with Gasteiger partial charge in [-0.1, -0.05) is 47.4 Å². The molecule has 0 saturated carbocycles. The zero-order valence-electron chi connectivity index (χ0n) is 19.6. The average molecular weight is 528 g/mol. The number of nitrogens with one attached hydrogen (secondary N) is 1. The molecule has 1 aromatic heterocycles. The Morgan fingerprint density at radius 3 is 2.56 bits per heavy atom. The van der Waals surface area contributed by atoms with E-state index in [4.69, 9.17) is 4.74 Å². The fourth-order valence-corrected chi connectivity index (χ4v) is 5.90. The fraction of sp³-hybridized carbons (Fsp3) is 0.360. The number of carbonyl (C=O) groups is 2. The Balaban J connectivity index is 1.12. The Hall–Kier alpha value is -2.86. The molecule has 2 fully saturated rings. The van der Waals surface area contributed by atoms with Crippen LogP contribution in [0.15, 0.2) is 52.9 Å². The molecule has 2 aliphatic rings. The predicted octanol–water partition coefficient (Wildman–Crippen LogP) is 3.34. The first-order chi connectivity index (χ1) is 17.5. The van der Waals surface area contributed by atoms with Crippen molar-refractivity contribution in [3.05, 3.63) is 70.5 Å². The lowest BCUT2D eigenvalue weighted by Crippen LogP contribution is -2.37. The van der Waals surface area contributed by atoms with Crippen molar-refractivity contribution in [2.24, 2.45) is 0 Å². The summed E-state index contributed by atoms with van der Waals surface area (Å²) in [4.78, 5) is 29.4. The summed E-state index contributed by atoms with van der Waals surface area (Å²) in [5.74, 6) is -0.0209. The third-order valence-corrected chi connectivity index (χ3v) is 8.22. The summed E-state index contributed by atoms with van der Waals surface area (Å²) >= 11 is 2.65. The Morgan fingerprint density at radius 2 is 1.81 bits per heavy atom. The molecule has 0 spiro atoms. The summed E-state index contributed by atoms with van der Waals surface area (Å²) in [5.41, 5.74) is 2.99. The molecule has 2 saturated heterocycles. The molecule has 36 heavy (non-hydrogen) atoms. The van der Waals surface area contributed by atoms with E-state index in [1.807, 2.05) is 12.1 Å². The molecule has 1 unspecified atom stereocenters. The SMILES string of the molecule is O=C(NC1CC(=O)N(c2ccc(CN3CCOCC3)cc2)C1)c1nnc(SCc2ccc(F)cc2)s1. The number of ether oxygens (including phenoxy) is 1. The van der Waals surface area contributed by atoms with Crippen molar-refractivity contribution in [2.75, 3.05) is 37.7 Å². The fourth-order valence-electron chi connectivity index (χ4n) is 4.19. The number of hydrogen-bond acceptors (Lipinski definition) is 8. The molecule has 3 heterocycles. The van der Waals surface area contributed by atoms with Gasteiger partial charge in [0.05, 0.1) is 19.3 Å². The number of thioether (sulfide) groups is 1. The van der Waals surface area contributed by atoms with Gasteiger partial charge >= 0.3 is 0 Å². The Bertz CT molecular complexity index is 1200. The average Bonchev–Trinajstić information content (AvgIpc) is 3.51. The maximum absolute atomic E-state index is 13.0. The van der Waals surface area contributed by atoms with Crippen LogP contribution in [0, 0.1) is 5.82 Å². The van der Waals surface area contributed by atoms with E-state index in [2.05, 4.69) is 32.5 Å². The Labute approximate surface area is 216 Å². The summed E-state index contributed by atoms with van der Waals surface area (Å²) in [6, 6.07) is 14.0. The van der Waals surface area contributed by atoms with Crippen molar-refractivity contribution in [2.45, 2.75) is 29.1 Å². The molecule has 0 bridgehead atoms. The van der Waals surface area contributed by atoms with Crippen molar-refractivity contribution in [3.8, 4) is 0 Å². The van der Waals surface area contributed by atoms with Crippen LogP contribution in [0.3, 0.4) is 0 Å². The molecule has 0 radical (unpaired) electrons. The van der Waals surface area contributed by atoms with Crippen LogP contribution in [-0.4, -0.2) is 65.8 Å². The van der Waals surface area contributed by atoms with E-state index in [1.54, 1.807) is 17.0 Å². The van der Waals surface area contributed by atoms with Gasteiger partial charge in [-0.15, -0.1) is 10.2 Å². The molecule has 3 aromatic rings. The number of carbonyl (C=O) groups excluding carboxylic acids is 2. The lowest BCUT2D eigenvalue weighted by Gasteiger charge is -2.26. The summed E-state index contributed by atoms with van der Waals surface area (Å²) in [6.07, 6.45) is 0.242. The zero-order valence-corrected chi connectivity index (χ0v) is 21.2. The molecular formula is C25H26FN5O3S2. The highest BCUT2D eigenvalue weighted by atomic mass is 32.2. The van der Waals surface area contributed by atoms with Crippen LogP contribution in [0.1, 0.15) is 27.3 Å². The minimum Gasteiger partial charge on any atom is -0.379 e. The number of morpholine rings is 1. The number of rotatable bonds is 8. The third kappa shape index (κ3) is 6.28. The molecule has 2 aliphatic heterocycles. The zero-order chi connectivity index (χ0) is 24.9. The van der Waals surface area contributed by atoms with E-state index in [0.717, 1.165) is 44.1 Å². The Kier molecular flexibility index (Phi) is 7.90. The van der Waals surface area contributed by atoms with Crippen molar-refractivity contribution in [1.29, 1.82) is 0 Å². The number of anilines is 1. The summed E-state index contributed by atoms with van der Waals surface area (Å²) in [6.45, 7) is 4.66. The smallest absolute Gasteiger partial charge is 0.282 e. The molecular weight excluding hydrogens is 501 g/mol. The van der Waals surface area contributed by atoms with Gasteiger partial charge in [0.2, 0.25) is 10.9 Å². The second-order valence-corrected chi connectivity index (χ2v) is 10.9. The van der Waals surface area contributed by atoms with Crippen molar-refractivity contribution < 1.29 is 18.7 Å². The van der Waals surface area contributed by atoms with Gasteiger partial charge in [0.15, 0.2) is 4.34 Å². The van der Waals surface area contributed by atoms with Gasteiger partial charge in [-0.3, -0.25) is 14.5 Å². The molecule has 1 atom stereocenters. The van der Waals surface area contributed by atoms with Crippen LogP contribution >= 0.6 is 23.1 Å². The largest absolute Gasteiger partial charge is 0.379 e. The van der Waals surface area contributed by atoms with Gasteiger partial charge in [-0.2, -0.15) is 0 Å². The van der Waals surface area contributed by atoms with E-state index in [-0.39, 0.29) is 35.1 Å². The van der Waals surface area contributed by atoms with E-state index in [0.29, 0.717) is 16.6 Å². The first-order valence-corrected chi connectivity index (χ1v) is 13.5. The van der Waals surface area contributed by atoms with E-state index >= 15 is 0 Å². The third-order valence-electron chi connectivity index (χ3n) is 6.09. The summed E-state index contributed by atoms with van der Waals surface area (Å²) < 4.78 is 19.1. The second kappa shape index (κ2) is 11.5. The van der Waals surface area contributed by atoms with Gasteiger partial charge in [-0.05, 0) is 35.4 Å². The van der Waals surface area contributed by atoms with Crippen LogP contribution < -0.4 is 10.2 Å². The van der Waals surface area contributed by atoms with Crippen LogP contribution in [0.5, 0.6) is 0 Å². The standard InChI is InChI=1S/C25H26FN5O3S2/c26-19-5-1-18(2-6-19)16-35-25-29-28-24(36-25)23(33)27-20-13-22(32)31(15-20)21-7-3-17(4-8-21)14-30-9-11-34-12-10-30/h1-8,20H,9-16H2,(H,27,33). The first kappa shape index (κ1) is 24.8. The topological polar surface area (TPSA) is 87.7 Å². The van der Waals surface area contributed by atoms with Gasteiger partial charge in [0.1, 0.15) is 5.82 Å². The highest BCUT2D eigenvalue weighted by Crippen LogP contribution is 2.27. The van der Waals surface area contributed by atoms with Crippen molar-refractivity contribution >= 4 is 40.6 Å². The summed E-state index contributed by atoms with van der Waals surface area (Å²) in [7, 11) is 0. The lowest BCUT2D eigenvalue weighted by atomic mass is 10.2. The molecule has 8 nitrogen and oxygen atoms in total. The van der Waals surface area contributed by atoms with Gasteiger partial charge in [0, 0.05) is 44.0 Å². The highest BCUT2D eigenvalue weighted by molar-refractivity contribution is 8.00. The van der Waals surface area contributed by atoms with E-state index in [9.17, 15) is 14.0 Å². The van der Waals surface area contributed by atoms with Crippen molar-refractivity contribution in [1.82, 2.24) is 20.4 Å². The molecule has 1 N–H and O–H groups in total.